The molecule has 1 saturated carbocycles. The molecule has 38 heavy (non-hydrogen) atoms. The minimum absolute atomic E-state index is 0.0486. The van der Waals surface area contributed by atoms with Gasteiger partial charge in [-0.25, -0.2) is 13.8 Å². The van der Waals surface area contributed by atoms with Gasteiger partial charge in [-0.2, -0.15) is 13.2 Å². The van der Waals surface area contributed by atoms with Gasteiger partial charge in [0.2, 0.25) is 5.95 Å². The van der Waals surface area contributed by atoms with Crippen LogP contribution < -0.4 is 9.80 Å². The number of hydrogen-bond donors (Lipinski definition) is 0. The van der Waals surface area contributed by atoms with E-state index in [-0.39, 0.29) is 30.1 Å². The number of benzene rings is 1. The lowest BCUT2D eigenvalue weighted by Crippen LogP contribution is -2.73. The minimum Gasteiger partial charge on any atom is -0.353 e. The molecule has 0 N–H and O–H groups in total. The molecule has 1 aliphatic carbocycles. The highest BCUT2D eigenvalue weighted by molar-refractivity contribution is 6.30. The molecule has 0 amide bonds. The summed E-state index contributed by atoms with van der Waals surface area (Å²) in [6.45, 7) is 3.43. The summed E-state index contributed by atoms with van der Waals surface area (Å²) in [6.07, 6.45) is -2.99. The highest BCUT2D eigenvalue weighted by Gasteiger charge is 2.54. The number of nitrogens with zero attached hydrogens (tertiary/aromatic N) is 7. The number of fused-ring (bicyclic) bond motifs is 3. The summed E-state index contributed by atoms with van der Waals surface area (Å²) in [5, 5.41) is 9.47. The van der Waals surface area contributed by atoms with Gasteiger partial charge in [-0.1, -0.05) is 11.6 Å². The summed E-state index contributed by atoms with van der Waals surface area (Å²) in [7, 11) is 0. The van der Waals surface area contributed by atoms with E-state index in [2.05, 4.69) is 20.1 Å². The van der Waals surface area contributed by atoms with Crippen LogP contribution in [-0.2, 0) is 13.1 Å². The molecule has 1 spiro atoms. The molecule has 3 aromatic rings. The molecule has 0 unspecified atom stereocenters. The van der Waals surface area contributed by atoms with E-state index < -0.39 is 23.7 Å². The molecule has 5 heterocycles. The van der Waals surface area contributed by atoms with Crippen molar-refractivity contribution in [3.05, 3.63) is 58.5 Å². The Bertz CT molecular complexity index is 1410. The van der Waals surface area contributed by atoms with Crippen molar-refractivity contribution >= 4 is 23.4 Å². The quantitative estimate of drug-likeness (QED) is 0.444. The zero-order valence-electron chi connectivity index (χ0n) is 20.1. The fourth-order valence-corrected chi connectivity index (χ4v) is 6.48. The second-order valence-corrected chi connectivity index (χ2v) is 11.4. The van der Waals surface area contributed by atoms with Crippen molar-refractivity contribution in [2.75, 3.05) is 36.0 Å². The maximum atomic E-state index is 14.1. The largest absolute Gasteiger partial charge is 0.391 e. The third kappa shape index (κ3) is 3.83. The second kappa shape index (κ2) is 8.25. The van der Waals surface area contributed by atoms with Gasteiger partial charge < -0.3 is 9.80 Å². The van der Waals surface area contributed by atoms with Crippen molar-refractivity contribution < 1.29 is 22.0 Å². The van der Waals surface area contributed by atoms with E-state index in [1.165, 1.54) is 0 Å². The van der Waals surface area contributed by atoms with Crippen molar-refractivity contribution in [1.29, 1.82) is 0 Å². The van der Waals surface area contributed by atoms with Crippen LogP contribution in [0.25, 0.3) is 5.69 Å². The Hall–Kier alpha value is -2.99. The Morgan fingerprint density at radius 1 is 0.947 bits per heavy atom. The molecular formula is C25H23ClF5N7. The van der Waals surface area contributed by atoms with Crippen LogP contribution >= 0.6 is 11.6 Å². The van der Waals surface area contributed by atoms with Gasteiger partial charge in [0, 0.05) is 55.3 Å². The standard InChI is InChI=1S/C25H23ClF5N7/c26-16-1-2-20-14(3-16)8-35(18-4-15(5-18)25(29,30)31)9-21-33-34-23(38(20)21)37-12-24(13-37)10-36(11-24)22-19(28)6-17(27)7-32-22/h1-3,6-7,15,18H,4-5,8-13H2. The van der Waals surface area contributed by atoms with E-state index in [9.17, 15) is 22.0 Å². The first-order chi connectivity index (χ1) is 18.1. The van der Waals surface area contributed by atoms with Crippen molar-refractivity contribution in [3.8, 4) is 5.69 Å². The fraction of sp³-hybridized carbons (Fsp3) is 0.480. The third-order valence-electron chi connectivity index (χ3n) is 8.28. The van der Waals surface area contributed by atoms with Crippen LogP contribution in [-0.4, -0.2) is 63.0 Å². The Labute approximate surface area is 219 Å². The molecule has 2 aromatic heterocycles. The molecule has 2 saturated heterocycles. The lowest BCUT2D eigenvalue weighted by molar-refractivity contribution is -0.207. The molecular weight excluding hydrogens is 529 g/mol. The maximum absolute atomic E-state index is 14.1. The smallest absolute Gasteiger partial charge is 0.353 e. The molecule has 7 nitrogen and oxygen atoms in total. The SMILES string of the molecule is Fc1cnc(N2CC3(C2)CN(c2nnc4n2-c2ccc(Cl)cc2CN(C2CC(C(F)(F)F)C2)C4)C3)c(F)c1. The summed E-state index contributed by atoms with van der Waals surface area (Å²) in [5.74, 6) is -1.15. The van der Waals surface area contributed by atoms with Crippen LogP contribution in [0.2, 0.25) is 5.02 Å². The van der Waals surface area contributed by atoms with Gasteiger partial charge in [-0.05, 0) is 36.6 Å². The Morgan fingerprint density at radius 2 is 1.68 bits per heavy atom. The average molecular weight is 552 g/mol. The fourth-order valence-electron chi connectivity index (χ4n) is 6.29. The van der Waals surface area contributed by atoms with Crippen molar-refractivity contribution in [3.63, 3.8) is 0 Å². The molecule has 13 heteroatoms. The van der Waals surface area contributed by atoms with Crippen LogP contribution in [0.5, 0.6) is 0 Å². The van der Waals surface area contributed by atoms with Crippen LogP contribution in [0.3, 0.4) is 0 Å². The Kier molecular flexibility index (Phi) is 5.23. The first-order valence-corrected chi connectivity index (χ1v) is 12.8. The zero-order chi connectivity index (χ0) is 26.4. The minimum atomic E-state index is -4.17. The zero-order valence-corrected chi connectivity index (χ0v) is 20.9. The van der Waals surface area contributed by atoms with E-state index in [1.807, 2.05) is 21.6 Å². The summed E-state index contributed by atoms with van der Waals surface area (Å²) >= 11 is 6.30. The molecule has 0 radical (unpaired) electrons. The number of halogens is 6. The highest BCUT2D eigenvalue weighted by atomic mass is 35.5. The lowest BCUT2D eigenvalue weighted by Gasteiger charge is -2.60. The number of hydrogen-bond acceptors (Lipinski definition) is 6. The second-order valence-electron chi connectivity index (χ2n) is 11.0. The summed E-state index contributed by atoms with van der Waals surface area (Å²) in [5.41, 5.74) is 1.73. The Morgan fingerprint density at radius 3 is 2.39 bits per heavy atom. The van der Waals surface area contributed by atoms with Gasteiger partial charge in [0.15, 0.2) is 17.5 Å². The van der Waals surface area contributed by atoms with Gasteiger partial charge in [0.1, 0.15) is 5.82 Å². The molecule has 200 valence electrons. The van der Waals surface area contributed by atoms with Crippen LogP contribution in [0.4, 0.5) is 33.7 Å². The average Bonchev–Trinajstić information content (AvgIpc) is 3.06. The van der Waals surface area contributed by atoms with E-state index in [0.29, 0.717) is 56.1 Å². The summed E-state index contributed by atoms with van der Waals surface area (Å²) in [4.78, 5) is 9.86. The van der Waals surface area contributed by atoms with Gasteiger partial charge >= 0.3 is 6.18 Å². The van der Waals surface area contributed by atoms with Crippen LogP contribution in [0, 0.1) is 23.0 Å². The van der Waals surface area contributed by atoms with Crippen molar-refractivity contribution in [1.82, 2.24) is 24.6 Å². The summed E-state index contributed by atoms with van der Waals surface area (Å²) in [6, 6.07) is 6.20. The predicted molar refractivity (Wildman–Crippen MR) is 129 cm³/mol. The monoisotopic (exact) mass is 551 g/mol. The number of rotatable bonds is 3. The van der Waals surface area contributed by atoms with E-state index in [0.717, 1.165) is 23.5 Å². The first kappa shape index (κ1) is 24.1. The highest BCUT2D eigenvalue weighted by Crippen LogP contribution is 2.46. The third-order valence-corrected chi connectivity index (χ3v) is 8.52. The number of anilines is 2. The molecule has 7 rings (SSSR count). The van der Waals surface area contributed by atoms with E-state index in [1.54, 1.807) is 11.0 Å². The molecule has 0 atom stereocenters. The van der Waals surface area contributed by atoms with Gasteiger partial charge in [-0.3, -0.25) is 9.47 Å². The summed E-state index contributed by atoms with van der Waals surface area (Å²) < 4.78 is 68.8. The Balaban J connectivity index is 1.11. The topological polar surface area (TPSA) is 53.3 Å². The van der Waals surface area contributed by atoms with E-state index >= 15 is 0 Å². The van der Waals surface area contributed by atoms with Crippen molar-refractivity contribution in [2.45, 2.75) is 38.1 Å². The normalized spacial score (nSPS) is 24.3. The predicted octanol–water partition coefficient (Wildman–Crippen LogP) is 4.58. The van der Waals surface area contributed by atoms with Crippen LogP contribution in [0.1, 0.15) is 24.2 Å². The van der Waals surface area contributed by atoms with E-state index in [4.69, 9.17) is 11.6 Å². The van der Waals surface area contributed by atoms with Gasteiger partial charge in [0.05, 0.1) is 24.3 Å². The first-order valence-electron chi connectivity index (χ1n) is 12.4. The van der Waals surface area contributed by atoms with Crippen LogP contribution in [0.15, 0.2) is 30.5 Å². The van der Waals surface area contributed by atoms with Gasteiger partial charge in [0.25, 0.3) is 0 Å². The molecule has 0 bridgehead atoms. The number of pyridine rings is 1. The number of aromatic nitrogens is 4. The van der Waals surface area contributed by atoms with Gasteiger partial charge in [-0.15, -0.1) is 10.2 Å². The number of alkyl halides is 3. The molecule has 1 aromatic carbocycles. The molecule has 4 aliphatic rings. The van der Waals surface area contributed by atoms with Crippen molar-refractivity contribution in [2.24, 2.45) is 11.3 Å². The molecule has 3 aliphatic heterocycles. The maximum Gasteiger partial charge on any atom is 0.391 e. The lowest BCUT2D eigenvalue weighted by atomic mass is 9.73. The molecule has 3 fully saturated rings.